The number of hydrogen-bond donors (Lipinski definition) is 2. The van der Waals surface area contributed by atoms with E-state index in [1.807, 2.05) is 0 Å². The molecule has 0 aliphatic carbocycles. The van der Waals surface area contributed by atoms with Crippen molar-refractivity contribution in [3.8, 4) is 11.3 Å². The van der Waals surface area contributed by atoms with E-state index in [1.54, 1.807) is 30.5 Å². The van der Waals surface area contributed by atoms with Crippen molar-refractivity contribution in [3.05, 3.63) is 36.0 Å². The first-order valence-electron chi connectivity index (χ1n) is 7.84. The number of nitrogens with one attached hydrogen (secondary N) is 1. The van der Waals surface area contributed by atoms with Gasteiger partial charge in [-0.05, 0) is 25.0 Å². The second-order valence-electron chi connectivity index (χ2n) is 5.57. The molecule has 1 fully saturated rings. The summed E-state index contributed by atoms with van der Waals surface area (Å²) < 4.78 is 10.3. The van der Waals surface area contributed by atoms with Gasteiger partial charge in [0.25, 0.3) is 0 Å². The maximum absolute atomic E-state index is 11.5. The van der Waals surface area contributed by atoms with E-state index in [9.17, 15) is 4.79 Å². The fourth-order valence-electron chi connectivity index (χ4n) is 2.58. The Bertz CT molecular complexity index is 712. The van der Waals surface area contributed by atoms with Crippen molar-refractivity contribution in [2.75, 3.05) is 31.3 Å². The predicted octanol–water partition coefficient (Wildman–Crippen LogP) is 2.10. The quantitative estimate of drug-likeness (QED) is 0.811. The van der Waals surface area contributed by atoms with E-state index < -0.39 is 0 Å². The Kier molecular flexibility index (Phi) is 4.90. The Morgan fingerprint density at radius 1 is 1.42 bits per heavy atom. The summed E-state index contributed by atoms with van der Waals surface area (Å²) in [6.07, 6.45) is 3.92. The lowest BCUT2D eigenvalue weighted by Gasteiger charge is -2.13. The fourth-order valence-corrected chi connectivity index (χ4v) is 2.58. The zero-order valence-electron chi connectivity index (χ0n) is 13.5. The number of carbonyl (C=O) groups excluding carboxylic acids is 1. The second-order valence-corrected chi connectivity index (χ2v) is 5.57. The van der Waals surface area contributed by atoms with Crippen molar-refractivity contribution in [2.45, 2.75) is 18.9 Å². The van der Waals surface area contributed by atoms with Gasteiger partial charge in [-0.25, -0.2) is 14.8 Å². The summed E-state index contributed by atoms with van der Waals surface area (Å²) in [4.78, 5) is 20.2. The molecule has 7 nitrogen and oxygen atoms in total. The first-order valence-corrected chi connectivity index (χ1v) is 7.84. The standard InChI is InChI=1S/C17H20N4O3/c1-23-17(22)12-6-4-11(5-7-12)14-10-19-15(18)16(21-14)20-9-13-3-2-8-24-13/h4-7,10,13H,2-3,8-9H2,1H3,(H2,18,19)(H,20,21). The summed E-state index contributed by atoms with van der Waals surface area (Å²) >= 11 is 0. The molecular formula is C17H20N4O3. The van der Waals surface area contributed by atoms with Crippen molar-refractivity contribution in [1.82, 2.24) is 9.97 Å². The molecule has 1 aliphatic rings. The Balaban J connectivity index is 1.75. The summed E-state index contributed by atoms with van der Waals surface area (Å²) in [6, 6.07) is 6.99. The molecule has 1 atom stereocenters. The van der Waals surface area contributed by atoms with Crippen LogP contribution in [0.5, 0.6) is 0 Å². The third-order valence-corrected chi connectivity index (χ3v) is 3.92. The van der Waals surface area contributed by atoms with E-state index in [2.05, 4.69) is 15.3 Å². The van der Waals surface area contributed by atoms with Gasteiger partial charge in [0.05, 0.1) is 30.7 Å². The molecule has 0 saturated carbocycles. The number of nitrogens with two attached hydrogens (primary N) is 1. The molecule has 0 radical (unpaired) electrons. The summed E-state index contributed by atoms with van der Waals surface area (Å²) in [7, 11) is 1.35. The number of nitrogen functional groups attached to an aromatic ring is 1. The molecule has 0 amide bonds. The molecule has 3 rings (SSSR count). The maximum atomic E-state index is 11.5. The van der Waals surface area contributed by atoms with Crippen LogP contribution in [0.25, 0.3) is 11.3 Å². The van der Waals surface area contributed by atoms with E-state index in [4.69, 9.17) is 15.2 Å². The fraction of sp³-hybridized carbons (Fsp3) is 0.353. The Hall–Kier alpha value is -2.67. The molecular weight excluding hydrogens is 308 g/mol. The van der Waals surface area contributed by atoms with Gasteiger partial charge in [0.1, 0.15) is 0 Å². The van der Waals surface area contributed by atoms with Crippen molar-refractivity contribution in [1.29, 1.82) is 0 Å². The smallest absolute Gasteiger partial charge is 0.337 e. The monoisotopic (exact) mass is 328 g/mol. The minimum Gasteiger partial charge on any atom is -0.465 e. The van der Waals surface area contributed by atoms with Gasteiger partial charge in [-0.2, -0.15) is 0 Å². The molecule has 1 unspecified atom stereocenters. The lowest BCUT2D eigenvalue weighted by molar-refractivity contribution is 0.0600. The SMILES string of the molecule is COC(=O)c1ccc(-c2cnc(N)c(NCC3CCCO3)n2)cc1. The van der Waals surface area contributed by atoms with Crippen LogP contribution < -0.4 is 11.1 Å². The summed E-state index contributed by atoms with van der Waals surface area (Å²) in [5.74, 6) is 0.520. The lowest BCUT2D eigenvalue weighted by Crippen LogP contribution is -2.20. The van der Waals surface area contributed by atoms with Crippen LogP contribution in [-0.4, -0.2) is 42.3 Å². The van der Waals surface area contributed by atoms with Crippen LogP contribution in [0, 0.1) is 0 Å². The van der Waals surface area contributed by atoms with Crippen LogP contribution in [0.2, 0.25) is 0 Å². The number of hydrogen-bond acceptors (Lipinski definition) is 7. The number of anilines is 2. The molecule has 2 aromatic rings. The molecule has 1 aromatic carbocycles. The largest absolute Gasteiger partial charge is 0.465 e. The van der Waals surface area contributed by atoms with Crippen molar-refractivity contribution in [2.24, 2.45) is 0 Å². The van der Waals surface area contributed by atoms with E-state index in [0.717, 1.165) is 25.0 Å². The van der Waals surface area contributed by atoms with Crippen molar-refractivity contribution < 1.29 is 14.3 Å². The van der Waals surface area contributed by atoms with Gasteiger partial charge < -0.3 is 20.5 Å². The molecule has 1 saturated heterocycles. The van der Waals surface area contributed by atoms with Crippen LogP contribution in [0.15, 0.2) is 30.5 Å². The number of ether oxygens (including phenoxy) is 2. The van der Waals surface area contributed by atoms with Crippen LogP contribution in [0.4, 0.5) is 11.6 Å². The van der Waals surface area contributed by atoms with Gasteiger partial charge in [-0.1, -0.05) is 12.1 Å². The highest BCUT2D eigenvalue weighted by Gasteiger charge is 2.16. The van der Waals surface area contributed by atoms with Gasteiger partial charge in [0.2, 0.25) is 0 Å². The molecule has 0 bridgehead atoms. The molecule has 3 N–H and O–H groups in total. The molecule has 24 heavy (non-hydrogen) atoms. The van der Waals surface area contributed by atoms with Gasteiger partial charge in [0.15, 0.2) is 11.6 Å². The highest BCUT2D eigenvalue weighted by Crippen LogP contribution is 2.22. The number of aromatic nitrogens is 2. The normalized spacial score (nSPS) is 16.8. The van der Waals surface area contributed by atoms with E-state index in [-0.39, 0.29) is 12.1 Å². The average molecular weight is 328 g/mol. The Morgan fingerprint density at radius 2 is 2.21 bits per heavy atom. The number of nitrogens with zero attached hydrogens (tertiary/aromatic N) is 2. The predicted molar refractivity (Wildman–Crippen MR) is 90.7 cm³/mol. The van der Waals surface area contributed by atoms with Crippen molar-refractivity contribution >= 4 is 17.6 Å². The lowest BCUT2D eigenvalue weighted by atomic mass is 10.1. The van der Waals surface area contributed by atoms with Crippen molar-refractivity contribution in [3.63, 3.8) is 0 Å². The maximum Gasteiger partial charge on any atom is 0.337 e. The van der Waals surface area contributed by atoms with Gasteiger partial charge in [-0.15, -0.1) is 0 Å². The van der Waals surface area contributed by atoms with Crippen LogP contribution in [-0.2, 0) is 9.47 Å². The topological polar surface area (TPSA) is 99.4 Å². The van der Waals surface area contributed by atoms with E-state index in [0.29, 0.717) is 29.4 Å². The van der Waals surface area contributed by atoms with E-state index in [1.165, 1.54) is 7.11 Å². The molecule has 7 heteroatoms. The third-order valence-electron chi connectivity index (χ3n) is 3.92. The van der Waals surface area contributed by atoms with Gasteiger partial charge >= 0.3 is 5.97 Å². The minimum atomic E-state index is -0.371. The molecule has 126 valence electrons. The Morgan fingerprint density at radius 3 is 2.88 bits per heavy atom. The second kappa shape index (κ2) is 7.27. The summed E-state index contributed by atoms with van der Waals surface area (Å²) in [5, 5.41) is 3.21. The van der Waals surface area contributed by atoms with Gasteiger partial charge in [0, 0.05) is 18.7 Å². The zero-order chi connectivity index (χ0) is 16.9. The van der Waals surface area contributed by atoms with E-state index >= 15 is 0 Å². The molecule has 1 aliphatic heterocycles. The molecule has 2 heterocycles. The number of esters is 1. The number of carbonyl (C=O) groups is 1. The van der Waals surface area contributed by atoms with Crippen LogP contribution in [0.3, 0.4) is 0 Å². The van der Waals surface area contributed by atoms with Gasteiger partial charge in [-0.3, -0.25) is 0 Å². The third kappa shape index (κ3) is 3.62. The zero-order valence-corrected chi connectivity index (χ0v) is 13.5. The number of rotatable bonds is 5. The highest BCUT2D eigenvalue weighted by atomic mass is 16.5. The number of methoxy groups -OCH3 is 1. The summed E-state index contributed by atoms with van der Waals surface area (Å²) in [6.45, 7) is 1.46. The van der Waals surface area contributed by atoms with Crippen LogP contribution >= 0.6 is 0 Å². The Labute approximate surface area is 140 Å². The first kappa shape index (κ1) is 16.2. The molecule has 0 spiro atoms. The average Bonchev–Trinajstić information content (AvgIpc) is 3.14. The molecule has 1 aromatic heterocycles. The highest BCUT2D eigenvalue weighted by molar-refractivity contribution is 5.89. The van der Waals surface area contributed by atoms with Crippen LogP contribution in [0.1, 0.15) is 23.2 Å². The summed E-state index contributed by atoms with van der Waals surface area (Å²) in [5.41, 5.74) is 7.90. The minimum absolute atomic E-state index is 0.189. The number of benzene rings is 1. The first-order chi connectivity index (χ1) is 11.7.